The van der Waals surface area contributed by atoms with Gasteiger partial charge >= 0.3 is 0 Å². The molecule has 1 unspecified atom stereocenters. The van der Waals surface area contributed by atoms with Gasteiger partial charge in [0.25, 0.3) is 5.69 Å². The molecule has 2 rings (SSSR count). The number of Topliss-reactive ketones (excluding diaryl/α,β-unsaturated/α-hetero) is 1. The first kappa shape index (κ1) is 13.7. The van der Waals surface area contributed by atoms with Gasteiger partial charge in [0.05, 0.1) is 11.0 Å². The van der Waals surface area contributed by atoms with Gasteiger partial charge in [-0.3, -0.25) is 14.9 Å². The Morgan fingerprint density at radius 2 is 2.00 bits per heavy atom. The second-order valence-electron chi connectivity index (χ2n) is 5.25. The molecule has 5 nitrogen and oxygen atoms in total. The van der Waals surface area contributed by atoms with Gasteiger partial charge in [0, 0.05) is 24.5 Å². The molecular weight excluding hydrogens is 246 g/mol. The Morgan fingerprint density at radius 1 is 1.37 bits per heavy atom. The second-order valence-corrected chi connectivity index (χ2v) is 5.25. The van der Waals surface area contributed by atoms with E-state index < -0.39 is 11.0 Å². The summed E-state index contributed by atoms with van der Waals surface area (Å²) in [6.07, 6.45) is 1.20. The third-order valence-corrected chi connectivity index (χ3v) is 3.78. The summed E-state index contributed by atoms with van der Waals surface area (Å²) in [6, 6.07) is 5.76. The van der Waals surface area contributed by atoms with Crippen molar-refractivity contribution < 1.29 is 14.8 Å². The highest BCUT2D eigenvalue weighted by molar-refractivity contribution is 5.82. The number of carbonyl (C=O) groups is 1. The van der Waals surface area contributed by atoms with Crippen molar-refractivity contribution in [2.24, 2.45) is 11.8 Å². The number of hydrogen-bond acceptors (Lipinski definition) is 4. The maximum absolute atomic E-state index is 11.9. The molecule has 0 aromatic heterocycles. The number of ketones is 1. The molecule has 3 atom stereocenters. The largest absolute Gasteiger partial charge is 0.388 e. The molecule has 0 aliphatic heterocycles. The number of nitrogens with zero attached hydrogens (tertiary/aromatic N) is 1. The van der Waals surface area contributed by atoms with Crippen LogP contribution in [0.1, 0.15) is 37.9 Å². The van der Waals surface area contributed by atoms with E-state index in [0.717, 1.165) is 6.42 Å². The third-order valence-electron chi connectivity index (χ3n) is 3.78. The molecule has 0 spiro atoms. The van der Waals surface area contributed by atoms with E-state index in [1.165, 1.54) is 24.3 Å². The Bertz CT molecular complexity index is 483. The molecule has 1 saturated carbocycles. The smallest absolute Gasteiger partial charge is 0.269 e. The highest BCUT2D eigenvalue weighted by Crippen LogP contribution is 2.35. The predicted molar refractivity (Wildman–Crippen MR) is 69.6 cm³/mol. The topological polar surface area (TPSA) is 80.4 Å². The van der Waals surface area contributed by atoms with Crippen LogP contribution in [-0.2, 0) is 4.79 Å². The Kier molecular flexibility index (Phi) is 3.95. The molecule has 0 bridgehead atoms. The Labute approximate surface area is 111 Å². The van der Waals surface area contributed by atoms with Crippen molar-refractivity contribution in [1.29, 1.82) is 0 Å². The number of hydrogen-bond donors (Lipinski definition) is 1. The monoisotopic (exact) mass is 263 g/mol. The quantitative estimate of drug-likeness (QED) is 0.671. The number of benzene rings is 1. The molecule has 1 N–H and O–H groups in total. The van der Waals surface area contributed by atoms with Crippen LogP contribution in [0.5, 0.6) is 0 Å². The number of nitro benzene ring substituents is 1. The fourth-order valence-electron chi connectivity index (χ4n) is 2.59. The molecule has 0 heterocycles. The van der Waals surface area contributed by atoms with Gasteiger partial charge < -0.3 is 5.11 Å². The zero-order chi connectivity index (χ0) is 14.0. The van der Waals surface area contributed by atoms with E-state index in [4.69, 9.17) is 0 Å². The molecule has 1 aromatic carbocycles. The molecule has 19 heavy (non-hydrogen) atoms. The fraction of sp³-hybridized carbons (Fsp3) is 0.500. The Balaban J connectivity index is 2.16. The number of nitro groups is 1. The van der Waals surface area contributed by atoms with Crippen LogP contribution >= 0.6 is 0 Å². The van der Waals surface area contributed by atoms with Crippen molar-refractivity contribution in [1.82, 2.24) is 0 Å². The molecule has 0 amide bonds. The molecule has 1 aliphatic rings. The van der Waals surface area contributed by atoms with Crippen LogP contribution in [-0.4, -0.2) is 15.8 Å². The third kappa shape index (κ3) is 2.98. The van der Waals surface area contributed by atoms with E-state index in [-0.39, 0.29) is 17.4 Å². The summed E-state index contributed by atoms with van der Waals surface area (Å²) in [5.41, 5.74) is 0.553. The number of aliphatic hydroxyl groups is 1. The summed E-state index contributed by atoms with van der Waals surface area (Å²) >= 11 is 0. The maximum atomic E-state index is 11.9. The first-order valence-electron chi connectivity index (χ1n) is 6.44. The minimum atomic E-state index is -0.865. The summed E-state index contributed by atoms with van der Waals surface area (Å²) in [5, 5.41) is 20.8. The Hall–Kier alpha value is -1.75. The van der Waals surface area contributed by atoms with E-state index in [1.807, 2.05) is 0 Å². The molecule has 1 aromatic rings. The van der Waals surface area contributed by atoms with Gasteiger partial charge in [0.1, 0.15) is 5.78 Å². The second kappa shape index (κ2) is 5.48. The number of carbonyl (C=O) groups excluding carboxylic acids is 1. The Morgan fingerprint density at radius 3 is 2.58 bits per heavy atom. The fourth-order valence-corrected chi connectivity index (χ4v) is 2.59. The molecule has 0 saturated heterocycles. The molecule has 0 radical (unpaired) electrons. The van der Waals surface area contributed by atoms with Crippen LogP contribution in [0.15, 0.2) is 24.3 Å². The average Bonchev–Trinajstić information content (AvgIpc) is 2.41. The predicted octanol–water partition coefficient (Wildman–Crippen LogP) is 2.63. The zero-order valence-corrected chi connectivity index (χ0v) is 10.8. The van der Waals surface area contributed by atoms with E-state index in [2.05, 4.69) is 6.92 Å². The van der Waals surface area contributed by atoms with Crippen molar-refractivity contribution in [3.05, 3.63) is 39.9 Å². The van der Waals surface area contributed by atoms with Crippen LogP contribution in [0, 0.1) is 22.0 Å². The first-order chi connectivity index (χ1) is 8.99. The lowest BCUT2D eigenvalue weighted by atomic mass is 9.77. The summed E-state index contributed by atoms with van der Waals surface area (Å²) < 4.78 is 0. The van der Waals surface area contributed by atoms with Crippen molar-refractivity contribution in [3.63, 3.8) is 0 Å². The summed E-state index contributed by atoms with van der Waals surface area (Å²) in [7, 11) is 0. The molecule has 5 heteroatoms. The molecule has 1 fully saturated rings. The highest BCUT2D eigenvalue weighted by atomic mass is 16.6. The lowest BCUT2D eigenvalue weighted by Crippen LogP contribution is -2.29. The summed E-state index contributed by atoms with van der Waals surface area (Å²) in [5.74, 6) is 0.129. The van der Waals surface area contributed by atoms with Crippen LogP contribution in [0.3, 0.4) is 0 Å². The average molecular weight is 263 g/mol. The van der Waals surface area contributed by atoms with Gasteiger partial charge in [0.2, 0.25) is 0 Å². The van der Waals surface area contributed by atoms with Crippen molar-refractivity contribution in [3.8, 4) is 0 Å². The SMILES string of the molecule is CC1CCC(=O)[C@@H]([C@H](O)c2ccc([N+](=O)[O-])cc2)C1. The van der Waals surface area contributed by atoms with Gasteiger partial charge in [-0.05, 0) is 36.5 Å². The van der Waals surface area contributed by atoms with Crippen LogP contribution in [0.4, 0.5) is 5.69 Å². The highest BCUT2D eigenvalue weighted by Gasteiger charge is 2.32. The van der Waals surface area contributed by atoms with Crippen LogP contribution in [0.2, 0.25) is 0 Å². The lowest BCUT2D eigenvalue weighted by Gasteiger charge is -2.29. The van der Waals surface area contributed by atoms with Crippen LogP contribution in [0.25, 0.3) is 0 Å². The summed E-state index contributed by atoms with van der Waals surface area (Å²) in [4.78, 5) is 21.9. The van der Waals surface area contributed by atoms with Gasteiger partial charge in [-0.15, -0.1) is 0 Å². The minimum Gasteiger partial charge on any atom is -0.388 e. The van der Waals surface area contributed by atoms with E-state index in [0.29, 0.717) is 24.3 Å². The summed E-state index contributed by atoms with van der Waals surface area (Å²) in [6.45, 7) is 2.07. The van der Waals surface area contributed by atoms with Gasteiger partial charge in [0.15, 0.2) is 0 Å². The number of rotatable bonds is 3. The van der Waals surface area contributed by atoms with Gasteiger partial charge in [-0.1, -0.05) is 6.92 Å². The van der Waals surface area contributed by atoms with Crippen LogP contribution < -0.4 is 0 Å². The molecule has 102 valence electrons. The van der Waals surface area contributed by atoms with Crippen molar-refractivity contribution in [2.75, 3.05) is 0 Å². The van der Waals surface area contributed by atoms with Crippen molar-refractivity contribution >= 4 is 11.5 Å². The maximum Gasteiger partial charge on any atom is 0.269 e. The van der Waals surface area contributed by atoms with E-state index in [1.54, 1.807) is 0 Å². The standard InChI is InChI=1S/C14H17NO4/c1-9-2-7-13(16)12(8-9)14(17)10-3-5-11(6-4-10)15(18)19/h3-6,9,12,14,17H,2,7-8H2,1H3/t9?,12-,14+/m0/s1. The molecular formula is C14H17NO4. The number of non-ortho nitro benzene ring substituents is 1. The minimum absolute atomic E-state index is 0.0145. The zero-order valence-electron chi connectivity index (χ0n) is 10.8. The van der Waals surface area contributed by atoms with E-state index in [9.17, 15) is 20.0 Å². The van der Waals surface area contributed by atoms with Gasteiger partial charge in [-0.25, -0.2) is 0 Å². The van der Waals surface area contributed by atoms with Gasteiger partial charge in [-0.2, -0.15) is 0 Å². The lowest BCUT2D eigenvalue weighted by molar-refractivity contribution is -0.384. The van der Waals surface area contributed by atoms with E-state index >= 15 is 0 Å². The normalized spacial score (nSPS) is 25.1. The van der Waals surface area contributed by atoms with Crippen molar-refractivity contribution in [2.45, 2.75) is 32.3 Å². The first-order valence-corrected chi connectivity index (χ1v) is 6.44. The molecule has 1 aliphatic carbocycles. The number of aliphatic hydroxyl groups excluding tert-OH is 1.